The molecule has 1 atom stereocenters. The minimum atomic E-state index is -0.945. The van der Waals surface area contributed by atoms with Crippen molar-refractivity contribution in [3.05, 3.63) is 89.2 Å². The van der Waals surface area contributed by atoms with E-state index < -0.39 is 17.3 Å². The van der Waals surface area contributed by atoms with Gasteiger partial charge in [0.25, 0.3) is 0 Å². The van der Waals surface area contributed by atoms with E-state index in [0.29, 0.717) is 12.1 Å². The maximum atomic E-state index is 14.1. The SMILES string of the molecule is COC(=O)Nc1cc(NC(=O)C(C)(Cc2nc3ccccc3s2)c2ccccc2)ccc1F. The highest BCUT2D eigenvalue weighted by molar-refractivity contribution is 7.18. The first-order valence-electron chi connectivity index (χ1n) is 10.2. The number of rotatable bonds is 6. The number of carbonyl (C=O) groups is 2. The number of carbonyl (C=O) groups excluding carboxylic acids is 2. The molecule has 0 aliphatic rings. The Balaban J connectivity index is 1.65. The maximum absolute atomic E-state index is 14.1. The Bertz CT molecular complexity index is 1280. The standard InChI is InChI=1S/C25H22FN3O3S/c1-25(16-8-4-3-5-9-16,15-22-28-19-10-6-7-11-21(19)33-22)23(30)27-17-12-13-18(26)20(14-17)29-24(31)32-2/h3-14H,15H2,1-2H3,(H,27,30)(H,29,31). The van der Waals surface area contributed by atoms with Crippen LogP contribution in [0.4, 0.5) is 20.6 Å². The average Bonchev–Trinajstić information content (AvgIpc) is 3.23. The van der Waals surface area contributed by atoms with E-state index in [-0.39, 0.29) is 11.6 Å². The van der Waals surface area contributed by atoms with Crippen molar-refractivity contribution >= 4 is 44.9 Å². The molecular formula is C25H22FN3O3S. The Morgan fingerprint density at radius 2 is 1.76 bits per heavy atom. The Labute approximate surface area is 194 Å². The number of amides is 2. The summed E-state index contributed by atoms with van der Waals surface area (Å²) in [4.78, 5) is 29.8. The third-order valence-corrected chi connectivity index (χ3v) is 6.44. The first-order chi connectivity index (χ1) is 15.9. The highest BCUT2D eigenvalue weighted by atomic mass is 32.1. The number of hydrogen-bond donors (Lipinski definition) is 2. The zero-order valence-electron chi connectivity index (χ0n) is 18.1. The van der Waals surface area contributed by atoms with E-state index >= 15 is 0 Å². The molecule has 0 bridgehead atoms. The van der Waals surface area contributed by atoms with Crippen LogP contribution < -0.4 is 10.6 Å². The van der Waals surface area contributed by atoms with Gasteiger partial charge in [-0.2, -0.15) is 0 Å². The van der Waals surface area contributed by atoms with Crippen molar-refractivity contribution in [3.8, 4) is 0 Å². The van der Waals surface area contributed by atoms with Gasteiger partial charge in [-0.05, 0) is 42.8 Å². The molecule has 0 fully saturated rings. The van der Waals surface area contributed by atoms with Crippen molar-refractivity contribution < 1.29 is 18.7 Å². The first kappa shape index (κ1) is 22.4. The molecule has 1 unspecified atom stereocenters. The van der Waals surface area contributed by atoms with Gasteiger partial charge in [-0.15, -0.1) is 11.3 Å². The monoisotopic (exact) mass is 463 g/mol. The zero-order chi connectivity index (χ0) is 23.4. The predicted octanol–water partition coefficient (Wildman–Crippen LogP) is 5.75. The van der Waals surface area contributed by atoms with Crippen molar-refractivity contribution in [1.29, 1.82) is 0 Å². The lowest BCUT2D eigenvalue weighted by Crippen LogP contribution is -2.39. The number of halogens is 1. The summed E-state index contributed by atoms with van der Waals surface area (Å²) < 4.78 is 19.7. The van der Waals surface area contributed by atoms with E-state index in [4.69, 9.17) is 4.98 Å². The Morgan fingerprint density at radius 1 is 1.03 bits per heavy atom. The fourth-order valence-corrected chi connectivity index (χ4v) is 4.67. The summed E-state index contributed by atoms with van der Waals surface area (Å²) in [6, 6.07) is 21.3. The van der Waals surface area contributed by atoms with Crippen molar-refractivity contribution in [2.24, 2.45) is 0 Å². The number of ether oxygens (including phenoxy) is 1. The second-order valence-electron chi connectivity index (χ2n) is 7.72. The smallest absolute Gasteiger partial charge is 0.411 e. The second kappa shape index (κ2) is 9.38. The maximum Gasteiger partial charge on any atom is 0.411 e. The molecule has 0 saturated carbocycles. The van der Waals surface area contributed by atoms with Gasteiger partial charge >= 0.3 is 6.09 Å². The third kappa shape index (κ3) is 4.85. The second-order valence-corrected chi connectivity index (χ2v) is 8.83. The van der Waals surface area contributed by atoms with Crippen LogP contribution in [0.15, 0.2) is 72.8 Å². The first-order valence-corrected chi connectivity index (χ1v) is 11.1. The minimum absolute atomic E-state index is 0.0905. The van der Waals surface area contributed by atoms with E-state index in [1.54, 1.807) is 11.3 Å². The third-order valence-electron chi connectivity index (χ3n) is 5.40. The number of para-hydroxylation sites is 1. The number of nitrogens with one attached hydrogen (secondary N) is 2. The fourth-order valence-electron chi connectivity index (χ4n) is 3.55. The van der Waals surface area contributed by atoms with Gasteiger partial charge in [0.2, 0.25) is 5.91 Å². The van der Waals surface area contributed by atoms with E-state index in [1.807, 2.05) is 61.5 Å². The molecule has 1 heterocycles. The molecular weight excluding hydrogens is 441 g/mol. The highest BCUT2D eigenvalue weighted by Gasteiger charge is 2.36. The summed E-state index contributed by atoms with van der Waals surface area (Å²) >= 11 is 1.55. The molecule has 3 aromatic carbocycles. The van der Waals surface area contributed by atoms with Gasteiger partial charge in [0.15, 0.2) is 0 Å². The Morgan fingerprint density at radius 3 is 2.48 bits per heavy atom. The predicted molar refractivity (Wildman–Crippen MR) is 128 cm³/mol. The van der Waals surface area contributed by atoms with Crippen molar-refractivity contribution in [1.82, 2.24) is 4.98 Å². The molecule has 0 radical (unpaired) electrons. The Kier molecular flexibility index (Phi) is 6.37. The topological polar surface area (TPSA) is 80.3 Å². The molecule has 4 aromatic rings. The van der Waals surface area contributed by atoms with Gasteiger partial charge in [0.05, 0.1) is 33.4 Å². The minimum Gasteiger partial charge on any atom is -0.453 e. The number of fused-ring (bicyclic) bond motifs is 1. The lowest BCUT2D eigenvalue weighted by Gasteiger charge is -2.28. The lowest BCUT2D eigenvalue weighted by molar-refractivity contribution is -0.121. The number of thiazole rings is 1. The summed E-state index contributed by atoms with van der Waals surface area (Å²) in [5.41, 5.74) is 1.04. The summed E-state index contributed by atoms with van der Waals surface area (Å²) in [6.45, 7) is 1.86. The fraction of sp³-hybridized carbons (Fsp3) is 0.160. The van der Waals surface area contributed by atoms with E-state index in [0.717, 1.165) is 20.8 Å². The van der Waals surface area contributed by atoms with Crippen LogP contribution in [0.5, 0.6) is 0 Å². The number of hydrogen-bond acceptors (Lipinski definition) is 5. The zero-order valence-corrected chi connectivity index (χ0v) is 18.9. The summed E-state index contributed by atoms with van der Waals surface area (Å²) in [5.74, 6) is -0.915. The van der Waals surface area contributed by atoms with Crippen molar-refractivity contribution in [2.45, 2.75) is 18.8 Å². The van der Waals surface area contributed by atoms with Crippen LogP contribution in [0.3, 0.4) is 0 Å². The molecule has 0 aliphatic heterocycles. The number of methoxy groups -OCH3 is 1. The van der Waals surface area contributed by atoms with Crippen LogP contribution in [0.1, 0.15) is 17.5 Å². The highest BCUT2D eigenvalue weighted by Crippen LogP contribution is 2.33. The average molecular weight is 464 g/mol. The quantitative estimate of drug-likeness (QED) is 0.381. The van der Waals surface area contributed by atoms with Crippen LogP contribution in [0, 0.1) is 5.82 Å². The van der Waals surface area contributed by atoms with E-state index in [2.05, 4.69) is 15.4 Å². The lowest BCUT2D eigenvalue weighted by atomic mass is 9.78. The van der Waals surface area contributed by atoms with Gasteiger partial charge in [0.1, 0.15) is 5.82 Å². The largest absolute Gasteiger partial charge is 0.453 e. The number of aromatic nitrogens is 1. The molecule has 6 nitrogen and oxygen atoms in total. The van der Waals surface area contributed by atoms with Gasteiger partial charge in [0, 0.05) is 12.1 Å². The molecule has 0 saturated heterocycles. The molecule has 4 rings (SSSR count). The number of anilines is 2. The summed E-state index contributed by atoms with van der Waals surface area (Å²) in [7, 11) is 1.19. The van der Waals surface area contributed by atoms with E-state index in [9.17, 15) is 14.0 Å². The van der Waals surface area contributed by atoms with E-state index in [1.165, 1.54) is 25.3 Å². The molecule has 8 heteroatoms. The molecule has 2 N–H and O–H groups in total. The number of nitrogens with zero attached hydrogens (tertiary/aromatic N) is 1. The molecule has 168 valence electrons. The molecule has 33 heavy (non-hydrogen) atoms. The normalized spacial score (nSPS) is 12.7. The molecule has 2 amide bonds. The van der Waals surface area contributed by atoms with Crippen LogP contribution in [0.25, 0.3) is 10.2 Å². The molecule has 0 aliphatic carbocycles. The molecule has 0 spiro atoms. The van der Waals surface area contributed by atoms with Crippen molar-refractivity contribution in [3.63, 3.8) is 0 Å². The summed E-state index contributed by atoms with van der Waals surface area (Å²) in [6.07, 6.45) is -0.418. The molecule has 1 aromatic heterocycles. The van der Waals surface area contributed by atoms with Crippen LogP contribution in [-0.4, -0.2) is 24.1 Å². The van der Waals surface area contributed by atoms with Crippen LogP contribution in [0.2, 0.25) is 0 Å². The Hall–Kier alpha value is -3.78. The number of benzene rings is 3. The van der Waals surface area contributed by atoms with Gasteiger partial charge < -0.3 is 10.1 Å². The van der Waals surface area contributed by atoms with Gasteiger partial charge in [-0.1, -0.05) is 42.5 Å². The van der Waals surface area contributed by atoms with Crippen molar-refractivity contribution in [2.75, 3.05) is 17.7 Å². The summed E-state index contributed by atoms with van der Waals surface area (Å²) in [5, 5.41) is 6.01. The van der Waals surface area contributed by atoms with Gasteiger partial charge in [-0.3, -0.25) is 10.1 Å². The van der Waals surface area contributed by atoms with Gasteiger partial charge in [-0.25, -0.2) is 14.2 Å². The van der Waals surface area contributed by atoms with Crippen LogP contribution in [-0.2, 0) is 21.4 Å². The van der Waals surface area contributed by atoms with Crippen LogP contribution >= 0.6 is 11.3 Å².